The van der Waals surface area contributed by atoms with E-state index in [9.17, 15) is 9.90 Å². The third kappa shape index (κ3) is 2.77. The second-order valence-electron chi connectivity index (χ2n) is 4.76. The van der Waals surface area contributed by atoms with Gasteiger partial charge in [0.15, 0.2) is 0 Å². The van der Waals surface area contributed by atoms with E-state index in [1.54, 1.807) is 25.3 Å². The molecule has 0 spiro atoms. The average molecular weight is 315 g/mol. The standard InChI is InChI=1S/C14H16Cl2N2O2/c1-3-4-17-14(20)18(2)13-10-5-8(15)6-11(16)9(10)7-12(13)19/h3,5-6,12-13,19H,1,4,7H2,2H3,(H,17,20)/t12-,13-/m0/s1. The first-order valence-electron chi connectivity index (χ1n) is 6.23. The highest BCUT2D eigenvalue weighted by Gasteiger charge is 2.37. The van der Waals surface area contributed by atoms with Gasteiger partial charge >= 0.3 is 6.03 Å². The zero-order valence-electron chi connectivity index (χ0n) is 11.1. The zero-order chi connectivity index (χ0) is 14.9. The van der Waals surface area contributed by atoms with Gasteiger partial charge in [-0.1, -0.05) is 29.3 Å². The molecule has 0 heterocycles. The molecule has 0 unspecified atom stereocenters. The molecule has 20 heavy (non-hydrogen) atoms. The van der Waals surface area contributed by atoms with E-state index in [0.717, 1.165) is 11.1 Å². The molecule has 108 valence electrons. The molecule has 1 aliphatic rings. The van der Waals surface area contributed by atoms with Gasteiger partial charge in [0.2, 0.25) is 0 Å². The van der Waals surface area contributed by atoms with Crippen molar-refractivity contribution in [2.24, 2.45) is 0 Å². The average Bonchev–Trinajstić information content (AvgIpc) is 2.71. The molecule has 0 saturated carbocycles. The van der Waals surface area contributed by atoms with Crippen LogP contribution in [0.15, 0.2) is 24.8 Å². The quantitative estimate of drug-likeness (QED) is 0.843. The molecular formula is C14H16Cl2N2O2. The van der Waals surface area contributed by atoms with Gasteiger partial charge in [0.05, 0.1) is 12.1 Å². The van der Waals surface area contributed by atoms with Gasteiger partial charge in [-0.3, -0.25) is 0 Å². The number of rotatable bonds is 3. The SMILES string of the molecule is C=CCNC(=O)N(C)[C@H]1c2cc(Cl)cc(Cl)c2C[C@@H]1O. The van der Waals surface area contributed by atoms with Gasteiger partial charge in [0, 0.05) is 30.1 Å². The van der Waals surface area contributed by atoms with Crippen molar-refractivity contribution < 1.29 is 9.90 Å². The van der Waals surface area contributed by atoms with Crippen molar-refractivity contribution >= 4 is 29.2 Å². The summed E-state index contributed by atoms with van der Waals surface area (Å²) in [5.74, 6) is 0. The summed E-state index contributed by atoms with van der Waals surface area (Å²) in [6, 6.07) is 2.67. The lowest BCUT2D eigenvalue weighted by atomic mass is 10.1. The predicted octanol–water partition coefficient (Wildman–Crippen LogP) is 2.78. The van der Waals surface area contributed by atoms with Crippen molar-refractivity contribution in [3.63, 3.8) is 0 Å². The van der Waals surface area contributed by atoms with Crippen LogP contribution >= 0.6 is 23.2 Å². The molecule has 0 radical (unpaired) electrons. The first-order valence-corrected chi connectivity index (χ1v) is 6.98. The Balaban J connectivity index is 2.30. The Morgan fingerprint density at radius 1 is 1.60 bits per heavy atom. The van der Waals surface area contributed by atoms with E-state index in [1.165, 1.54) is 4.90 Å². The van der Waals surface area contributed by atoms with Crippen LogP contribution in [0.3, 0.4) is 0 Å². The van der Waals surface area contributed by atoms with E-state index in [0.29, 0.717) is 23.0 Å². The Morgan fingerprint density at radius 2 is 2.30 bits per heavy atom. The largest absolute Gasteiger partial charge is 0.390 e. The Kier molecular flexibility index (Phi) is 4.58. The van der Waals surface area contributed by atoms with Crippen molar-refractivity contribution in [2.75, 3.05) is 13.6 Å². The number of nitrogens with one attached hydrogen (secondary N) is 1. The van der Waals surface area contributed by atoms with Crippen LogP contribution in [-0.2, 0) is 6.42 Å². The van der Waals surface area contributed by atoms with Crippen molar-refractivity contribution in [2.45, 2.75) is 18.6 Å². The fraction of sp³-hybridized carbons (Fsp3) is 0.357. The molecular weight excluding hydrogens is 299 g/mol. The number of aliphatic hydroxyl groups excluding tert-OH is 1. The number of urea groups is 1. The molecule has 0 saturated heterocycles. The zero-order valence-corrected chi connectivity index (χ0v) is 12.6. The second-order valence-corrected chi connectivity index (χ2v) is 5.60. The van der Waals surface area contributed by atoms with Gasteiger partial charge < -0.3 is 15.3 Å². The molecule has 2 rings (SSSR count). The number of benzene rings is 1. The summed E-state index contributed by atoms with van der Waals surface area (Å²) in [5.41, 5.74) is 1.64. The number of likely N-dealkylation sites (N-methyl/N-ethyl adjacent to an activating group) is 1. The van der Waals surface area contributed by atoms with Gasteiger partial charge in [-0.15, -0.1) is 6.58 Å². The van der Waals surface area contributed by atoms with Crippen LogP contribution < -0.4 is 5.32 Å². The van der Waals surface area contributed by atoms with Crippen molar-refractivity contribution in [1.82, 2.24) is 10.2 Å². The van der Waals surface area contributed by atoms with Crippen LogP contribution in [0.2, 0.25) is 10.0 Å². The highest BCUT2D eigenvalue weighted by molar-refractivity contribution is 6.35. The molecule has 0 aromatic heterocycles. The molecule has 4 nitrogen and oxygen atoms in total. The molecule has 2 atom stereocenters. The van der Waals surface area contributed by atoms with Crippen LogP contribution in [0.4, 0.5) is 4.79 Å². The lowest BCUT2D eigenvalue weighted by Gasteiger charge is -2.28. The highest BCUT2D eigenvalue weighted by Crippen LogP contribution is 2.40. The fourth-order valence-corrected chi connectivity index (χ4v) is 3.09. The molecule has 0 aliphatic heterocycles. The first-order chi connectivity index (χ1) is 9.45. The topological polar surface area (TPSA) is 52.6 Å². The highest BCUT2D eigenvalue weighted by atomic mass is 35.5. The lowest BCUT2D eigenvalue weighted by molar-refractivity contribution is 0.0896. The maximum atomic E-state index is 12.0. The Hall–Kier alpha value is -1.23. The molecule has 0 bridgehead atoms. The molecule has 0 fully saturated rings. The van der Waals surface area contributed by atoms with Crippen LogP contribution in [0.25, 0.3) is 0 Å². The van der Waals surface area contributed by atoms with E-state index in [2.05, 4.69) is 11.9 Å². The van der Waals surface area contributed by atoms with Gasteiger partial charge in [-0.25, -0.2) is 4.79 Å². The number of carbonyl (C=O) groups excluding carboxylic acids is 1. The second kappa shape index (κ2) is 6.04. The Morgan fingerprint density at radius 3 is 2.95 bits per heavy atom. The number of hydrogen-bond donors (Lipinski definition) is 2. The number of hydrogen-bond acceptors (Lipinski definition) is 2. The van der Waals surface area contributed by atoms with Crippen LogP contribution in [0.1, 0.15) is 17.2 Å². The number of nitrogens with zero attached hydrogens (tertiary/aromatic N) is 1. The van der Waals surface area contributed by atoms with E-state index >= 15 is 0 Å². The van der Waals surface area contributed by atoms with E-state index in [1.807, 2.05) is 0 Å². The maximum Gasteiger partial charge on any atom is 0.317 e. The van der Waals surface area contributed by atoms with Crippen molar-refractivity contribution in [3.8, 4) is 0 Å². The van der Waals surface area contributed by atoms with Gasteiger partial charge in [0.1, 0.15) is 0 Å². The third-order valence-electron chi connectivity index (χ3n) is 3.43. The maximum absolute atomic E-state index is 12.0. The molecule has 6 heteroatoms. The normalized spacial score (nSPS) is 20.4. The van der Waals surface area contributed by atoms with Crippen LogP contribution in [0, 0.1) is 0 Å². The monoisotopic (exact) mass is 314 g/mol. The van der Waals surface area contributed by atoms with Gasteiger partial charge in [-0.05, 0) is 23.3 Å². The lowest BCUT2D eigenvalue weighted by Crippen LogP contribution is -2.42. The number of carbonyl (C=O) groups is 1. The summed E-state index contributed by atoms with van der Waals surface area (Å²) in [5, 5.41) is 13.9. The van der Waals surface area contributed by atoms with E-state index in [-0.39, 0.29) is 6.03 Å². The summed E-state index contributed by atoms with van der Waals surface area (Å²) in [6.07, 6.45) is 1.31. The van der Waals surface area contributed by atoms with E-state index < -0.39 is 12.1 Å². The Bertz CT molecular complexity index is 548. The van der Waals surface area contributed by atoms with Gasteiger partial charge in [0.25, 0.3) is 0 Å². The van der Waals surface area contributed by atoms with Crippen molar-refractivity contribution in [3.05, 3.63) is 46.0 Å². The number of halogens is 2. The molecule has 2 N–H and O–H groups in total. The van der Waals surface area contributed by atoms with E-state index in [4.69, 9.17) is 23.2 Å². The fourth-order valence-electron chi connectivity index (χ4n) is 2.51. The van der Waals surface area contributed by atoms with Crippen LogP contribution in [-0.4, -0.2) is 35.7 Å². The molecule has 2 amide bonds. The summed E-state index contributed by atoms with van der Waals surface area (Å²) >= 11 is 12.2. The number of amides is 2. The minimum absolute atomic E-state index is 0.280. The number of aliphatic hydroxyl groups is 1. The van der Waals surface area contributed by atoms with Gasteiger partial charge in [-0.2, -0.15) is 0 Å². The smallest absolute Gasteiger partial charge is 0.317 e. The first kappa shape index (κ1) is 15.2. The summed E-state index contributed by atoms with van der Waals surface area (Å²) in [7, 11) is 1.64. The molecule has 1 aliphatic carbocycles. The summed E-state index contributed by atoms with van der Waals surface area (Å²) < 4.78 is 0. The third-order valence-corrected chi connectivity index (χ3v) is 3.98. The van der Waals surface area contributed by atoms with Crippen LogP contribution in [0.5, 0.6) is 0 Å². The summed E-state index contributed by atoms with van der Waals surface area (Å²) in [6.45, 7) is 3.92. The Labute approximate surface area is 128 Å². The minimum Gasteiger partial charge on any atom is -0.390 e. The molecule has 1 aromatic carbocycles. The van der Waals surface area contributed by atoms with Crippen molar-refractivity contribution in [1.29, 1.82) is 0 Å². The number of fused-ring (bicyclic) bond motifs is 1. The molecule has 1 aromatic rings. The summed E-state index contributed by atoms with van der Waals surface area (Å²) in [4.78, 5) is 13.5. The predicted molar refractivity (Wildman–Crippen MR) is 80.3 cm³/mol. The minimum atomic E-state index is -0.694.